The molecule has 0 fully saturated rings. The Hall–Kier alpha value is -3.59. The number of allylic oxidation sites excluding steroid dienone is 1. The summed E-state index contributed by atoms with van der Waals surface area (Å²) in [5.41, 5.74) is 1.09. The fourth-order valence-corrected chi connectivity index (χ4v) is 2.33. The van der Waals surface area contributed by atoms with Gasteiger partial charge in [0.25, 0.3) is 5.91 Å². The van der Waals surface area contributed by atoms with Crippen molar-refractivity contribution in [2.75, 3.05) is 27.3 Å². The van der Waals surface area contributed by atoms with Crippen LogP contribution in [0.4, 0.5) is 0 Å². The Kier molecular flexibility index (Phi) is 7.35. The molecule has 0 spiro atoms. The van der Waals surface area contributed by atoms with E-state index in [1.807, 2.05) is 13.0 Å². The minimum atomic E-state index is -0.349. The quantitative estimate of drug-likeness (QED) is 0.400. The fraction of sp³-hybridized carbons (Fsp3) is 0.227. The summed E-state index contributed by atoms with van der Waals surface area (Å²) in [6.07, 6.45) is 1.51. The highest BCUT2D eigenvalue weighted by molar-refractivity contribution is 6.14. The van der Waals surface area contributed by atoms with E-state index in [9.17, 15) is 14.9 Å². The molecule has 0 aromatic heterocycles. The van der Waals surface area contributed by atoms with Crippen molar-refractivity contribution in [2.45, 2.75) is 6.92 Å². The minimum absolute atomic E-state index is 0.0186. The maximum Gasteiger partial charge on any atom is 0.259 e. The number of carbonyl (C=O) groups excluding carboxylic acids is 2. The van der Waals surface area contributed by atoms with E-state index in [1.165, 1.54) is 11.0 Å². The molecule has 0 saturated carbocycles. The van der Waals surface area contributed by atoms with Crippen LogP contribution in [-0.4, -0.2) is 43.9 Å². The molecule has 6 heteroatoms. The van der Waals surface area contributed by atoms with E-state index in [-0.39, 0.29) is 23.9 Å². The first-order valence-electron chi connectivity index (χ1n) is 8.77. The summed E-state index contributed by atoms with van der Waals surface area (Å²) in [7, 11) is 3.30. The van der Waals surface area contributed by atoms with E-state index in [4.69, 9.17) is 9.47 Å². The lowest BCUT2D eigenvalue weighted by Gasteiger charge is -2.14. The normalized spacial score (nSPS) is 10.7. The third-order valence-electron chi connectivity index (χ3n) is 3.83. The third kappa shape index (κ3) is 5.45. The topological polar surface area (TPSA) is 79.6 Å². The highest BCUT2D eigenvalue weighted by Gasteiger charge is 2.13. The van der Waals surface area contributed by atoms with Crippen LogP contribution in [0.1, 0.15) is 22.8 Å². The van der Waals surface area contributed by atoms with Crippen molar-refractivity contribution < 1.29 is 19.1 Å². The van der Waals surface area contributed by atoms with Crippen LogP contribution >= 0.6 is 0 Å². The van der Waals surface area contributed by atoms with Gasteiger partial charge in [-0.05, 0) is 30.7 Å². The van der Waals surface area contributed by atoms with Gasteiger partial charge in [-0.3, -0.25) is 9.59 Å². The van der Waals surface area contributed by atoms with Crippen molar-refractivity contribution in [2.24, 2.45) is 0 Å². The number of ketones is 1. The van der Waals surface area contributed by atoms with Crippen LogP contribution < -0.4 is 9.47 Å². The zero-order chi connectivity index (χ0) is 20.5. The molecule has 6 nitrogen and oxygen atoms in total. The van der Waals surface area contributed by atoms with Crippen LogP contribution in [0.5, 0.6) is 11.5 Å². The number of hydrogen-bond acceptors (Lipinski definition) is 5. The number of nitrogens with zero attached hydrogens (tertiary/aromatic N) is 2. The zero-order valence-corrected chi connectivity index (χ0v) is 16.1. The Labute approximate surface area is 164 Å². The van der Waals surface area contributed by atoms with Crippen LogP contribution in [0.15, 0.2) is 54.1 Å². The molecule has 2 aromatic carbocycles. The van der Waals surface area contributed by atoms with Crippen molar-refractivity contribution in [3.63, 3.8) is 0 Å². The van der Waals surface area contributed by atoms with Crippen LogP contribution in [-0.2, 0) is 4.79 Å². The molecule has 2 aromatic rings. The lowest BCUT2D eigenvalue weighted by atomic mass is 10.0. The van der Waals surface area contributed by atoms with Gasteiger partial charge in [0.2, 0.25) is 5.78 Å². The molecular weight excluding hydrogens is 356 g/mol. The Morgan fingerprint density at radius 2 is 1.79 bits per heavy atom. The summed E-state index contributed by atoms with van der Waals surface area (Å²) in [5, 5.41) is 9.41. The van der Waals surface area contributed by atoms with Gasteiger partial charge in [0.15, 0.2) is 18.1 Å². The first-order valence-corrected chi connectivity index (χ1v) is 8.77. The number of carbonyl (C=O) groups is 2. The van der Waals surface area contributed by atoms with Gasteiger partial charge in [-0.25, -0.2) is 0 Å². The summed E-state index contributed by atoms with van der Waals surface area (Å²) in [4.78, 5) is 25.7. The summed E-state index contributed by atoms with van der Waals surface area (Å²) < 4.78 is 11.1. The maximum absolute atomic E-state index is 12.5. The highest BCUT2D eigenvalue weighted by atomic mass is 16.5. The lowest BCUT2D eigenvalue weighted by molar-refractivity contribution is -0.130. The standard InChI is InChI=1S/C22H22N2O4/c1-4-27-20-13-16(10-11-19(20)28-15-21(25)24(2)3)12-18(14-23)22(26)17-8-6-5-7-9-17/h5-13H,4,15H2,1-3H3/b18-12+. The van der Waals surface area contributed by atoms with Gasteiger partial charge >= 0.3 is 0 Å². The molecule has 0 saturated heterocycles. The van der Waals surface area contributed by atoms with Crippen LogP contribution in [0.3, 0.4) is 0 Å². The molecule has 144 valence electrons. The minimum Gasteiger partial charge on any atom is -0.490 e. The Morgan fingerprint density at radius 3 is 2.39 bits per heavy atom. The highest BCUT2D eigenvalue weighted by Crippen LogP contribution is 2.29. The first-order chi connectivity index (χ1) is 13.5. The fourth-order valence-electron chi connectivity index (χ4n) is 2.33. The number of likely N-dealkylation sites (N-methyl/N-ethyl adjacent to an activating group) is 1. The molecule has 0 aliphatic heterocycles. The molecule has 0 heterocycles. The van der Waals surface area contributed by atoms with Gasteiger partial charge in [0.1, 0.15) is 11.6 Å². The average molecular weight is 378 g/mol. The van der Waals surface area contributed by atoms with Crippen molar-refractivity contribution in [3.8, 4) is 17.6 Å². The van der Waals surface area contributed by atoms with Crippen molar-refractivity contribution in [3.05, 3.63) is 65.2 Å². The van der Waals surface area contributed by atoms with E-state index in [1.54, 1.807) is 62.6 Å². The molecule has 1 amide bonds. The number of nitriles is 1. The van der Waals surface area contributed by atoms with Crippen LogP contribution in [0.2, 0.25) is 0 Å². The second kappa shape index (κ2) is 9.93. The molecule has 0 unspecified atom stereocenters. The Bertz CT molecular complexity index is 912. The van der Waals surface area contributed by atoms with Crippen molar-refractivity contribution in [1.29, 1.82) is 5.26 Å². The van der Waals surface area contributed by atoms with Crippen LogP contribution in [0, 0.1) is 11.3 Å². The molecule has 2 rings (SSSR count). The number of ether oxygens (including phenoxy) is 2. The Morgan fingerprint density at radius 1 is 1.07 bits per heavy atom. The number of rotatable bonds is 8. The van der Waals surface area contributed by atoms with Gasteiger partial charge < -0.3 is 14.4 Å². The monoisotopic (exact) mass is 378 g/mol. The number of benzene rings is 2. The molecule has 0 aliphatic carbocycles. The molecule has 0 radical (unpaired) electrons. The molecule has 0 aliphatic rings. The summed E-state index contributed by atoms with van der Waals surface area (Å²) in [6.45, 7) is 2.12. The number of amides is 1. The second-order valence-corrected chi connectivity index (χ2v) is 6.08. The molecule has 0 bridgehead atoms. The average Bonchev–Trinajstić information content (AvgIpc) is 2.71. The predicted molar refractivity (Wildman–Crippen MR) is 106 cm³/mol. The van der Waals surface area contributed by atoms with Gasteiger partial charge in [-0.1, -0.05) is 36.4 Å². The number of hydrogen-bond donors (Lipinski definition) is 0. The van der Waals surface area contributed by atoms with E-state index < -0.39 is 0 Å². The van der Waals surface area contributed by atoms with Gasteiger partial charge in [-0.2, -0.15) is 5.26 Å². The zero-order valence-electron chi connectivity index (χ0n) is 16.1. The lowest BCUT2D eigenvalue weighted by Crippen LogP contribution is -2.27. The summed E-state index contributed by atoms with van der Waals surface area (Å²) in [6, 6.07) is 15.6. The van der Waals surface area contributed by atoms with E-state index in [0.29, 0.717) is 29.2 Å². The summed E-state index contributed by atoms with van der Waals surface area (Å²) in [5.74, 6) is 0.332. The van der Waals surface area contributed by atoms with Gasteiger partial charge in [-0.15, -0.1) is 0 Å². The van der Waals surface area contributed by atoms with Crippen molar-refractivity contribution in [1.82, 2.24) is 4.90 Å². The Balaban J connectivity index is 2.28. The SMILES string of the molecule is CCOc1cc(/C=C(\C#N)C(=O)c2ccccc2)ccc1OCC(=O)N(C)C. The summed E-state index contributed by atoms with van der Waals surface area (Å²) >= 11 is 0. The largest absolute Gasteiger partial charge is 0.490 e. The van der Waals surface area contributed by atoms with E-state index >= 15 is 0 Å². The maximum atomic E-state index is 12.5. The molecule has 0 atom stereocenters. The molecule has 28 heavy (non-hydrogen) atoms. The number of Topliss-reactive ketones (excluding diaryl/α,β-unsaturated/α-hetero) is 1. The predicted octanol–water partition coefficient (Wildman–Crippen LogP) is 3.34. The van der Waals surface area contributed by atoms with Crippen molar-refractivity contribution >= 4 is 17.8 Å². The third-order valence-corrected chi connectivity index (χ3v) is 3.83. The first kappa shape index (κ1) is 20.7. The molecular formula is C22H22N2O4. The smallest absolute Gasteiger partial charge is 0.259 e. The molecule has 0 N–H and O–H groups in total. The van der Waals surface area contributed by atoms with Gasteiger partial charge in [0, 0.05) is 19.7 Å². The van der Waals surface area contributed by atoms with Crippen LogP contribution in [0.25, 0.3) is 6.08 Å². The second-order valence-electron chi connectivity index (χ2n) is 6.08. The van der Waals surface area contributed by atoms with E-state index in [0.717, 1.165) is 0 Å². The van der Waals surface area contributed by atoms with E-state index in [2.05, 4.69) is 0 Å². The van der Waals surface area contributed by atoms with Gasteiger partial charge in [0.05, 0.1) is 6.61 Å².